The average Bonchev–Trinajstić information content (AvgIpc) is 2.17. The zero-order valence-corrected chi connectivity index (χ0v) is 4.98. The Hall–Kier alpha value is -0.840. The second-order valence-corrected chi connectivity index (χ2v) is 2.22. The van der Waals surface area contributed by atoms with Gasteiger partial charge in [0.25, 0.3) is 0 Å². The van der Waals surface area contributed by atoms with Crippen molar-refractivity contribution in [2.24, 2.45) is 5.92 Å². The monoisotopic (exact) mass is 126 g/mol. The van der Waals surface area contributed by atoms with Gasteiger partial charge in [-0.2, -0.15) is 0 Å². The standard InChI is InChI=1S/C7H7FO/c8-4-3-6-1-2-7(9)5-6/h6H,1-2,5H2. The first-order chi connectivity index (χ1) is 4.33. The van der Waals surface area contributed by atoms with E-state index in [1.54, 1.807) is 0 Å². The van der Waals surface area contributed by atoms with Crippen LogP contribution in [0.5, 0.6) is 0 Å². The summed E-state index contributed by atoms with van der Waals surface area (Å²) in [6.07, 6.45) is 3.11. The lowest BCUT2D eigenvalue weighted by Gasteiger charge is -1.90. The number of Topliss-reactive ketones (excluding diaryl/α,β-unsaturated/α-hetero) is 1. The van der Waals surface area contributed by atoms with Crippen molar-refractivity contribution in [2.45, 2.75) is 19.3 Å². The summed E-state index contributed by atoms with van der Waals surface area (Å²) in [5, 5.41) is 0. The molecule has 48 valence electrons. The molecule has 1 saturated carbocycles. The van der Waals surface area contributed by atoms with Crippen LogP contribution in [0.3, 0.4) is 0 Å². The maximum absolute atomic E-state index is 11.3. The number of hydrogen-bond acceptors (Lipinski definition) is 1. The molecule has 0 N–H and O–H groups in total. The molecule has 0 aromatic carbocycles. The van der Waals surface area contributed by atoms with Crippen LogP contribution in [0.15, 0.2) is 0 Å². The molecule has 0 spiro atoms. The van der Waals surface area contributed by atoms with E-state index in [2.05, 4.69) is 5.92 Å². The second kappa shape index (κ2) is 2.63. The molecule has 0 saturated heterocycles. The Kier molecular flexibility index (Phi) is 1.84. The molecule has 1 aliphatic rings. The Morgan fingerprint density at radius 3 is 2.89 bits per heavy atom. The molecule has 1 aliphatic carbocycles. The van der Waals surface area contributed by atoms with Crippen LogP contribution in [0.1, 0.15) is 19.3 Å². The Labute approximate surface area is 53.2 Å². The van der Waals surface area contributed by atoms with Crippen molar-refractivity contribution in [2.75, 3.05) is 0 Å². The average molecular weight is 126 g/mol. The maximum atomic E-state index is 11.3. The minimum Gasteiger partial charge on any atom is -0.300 e. The van der Waals surface area contributed by atoms with Gasteiger partial charge >= 0.3 is 0 Å². The Morgan fingerprint density at radius 2 is 2.44 bits per heavy atom. The van der Waals surface area contributed by atoms with Crippen LogP contribution in [0.25, 0.3) is 0 Å². The van der Waals surface area contributed by atoms with Gasteiger partial charge in [-0.15, -0.1) is 4.39 Å². The van der Waals surface area contributed by atoms with Crippen LogP contribution >= 0.6 is 0 Å². The minimum atomic E-state index is 0.00231. The molecule has 0 radical (unpaired) electrons. The number of carbonyl (C=O) groups is 1. The summed E-state index contributed by atoms with van der Waals surface area (Å²) in [4.78, 5) is 10.5. The molecular formula is C7H7FO. The third-order valence-corrected chi connectivity index (χ3v) is 1.50. The summed E-state index contributed by atoms with van der Waals surface area (Å²) in [5.74, 6) is 2.55. The number of carbonyl (C=O) groups excluding carboxylic acids is 1. The highest BCUT2D eigenvalue weighted by atomic mass is 19.1. The molecule has 0 aliphatic heterocycles. The Bertz CT molecular complexity index is 175. The maximum Gasteiger partial charge on any atom is 0.134 e. The van der Waals surface area contributed by atoms with Crippen molar-refractivity contribution < 1.29 is 9.18 Å². The van der Waals surface area contributed by atoms with Gasteiger partial charge in [0.2, 0.25) is 0 Å². The van der Waals surface area contributed by atoms with E-state index in [4.69, 9.17) is 0 Å². The van der Waals surface area contributed by atoms with E-state index in [9.17, 15) is 9.18 Å². The van der Waals surface area contributed by atoms with Crippen LogP contribution in [0, 0.1) is 18.0 Å². The zero-order valence-electron chi connectivity index (χ0n) is 4.98. The van der Waals surface area contributed by atoms with Crippen LogP contribution in [0.4, 0.5) is 4.39 Å². The van der Waals surface area contributed by atoms with Crippen molar-refractivity contribution in [3.05, 3.63) is 0 Å². The third-order valence-electron chi connectivity index (χ3n) is 1.50. The first kappa shape index (κ1) is 6.28. The minimum absolute atomic E-state index is 0.00231. The fourth-order valence-corrected chi connectivity index (χ4v) is 1.01. The second-order valence-electron chi connectivity index (χ2n) is 2.22. The summed E-state index contributed by atoms with van der Waals surface area (Å²) in [6.45, 7) is 0. The Balaban J connectivity index is 2.45. The lowest BCUT2D eigenvalue weighted by Crippen LogP contribution is -1.89. The SMILES string of the molecule is O=C1CCC(C#CF)C1. The fraction of sp³-hybridized carbons (Fsp3) is 0.571. The van der Waals surface area contributed by atoms with Crippen LogP contribution in [-0.4, -0.2) is 5.78 Å². The number of hydrogen-bond donors (Lipinski definition) is 0. The molecule has 9 heavy (non-hydrogen) atoms. The van der Waals surface area contributed by atoms with Gasteiger partial charge in [0.1, 0.15) is 12.0 Å². The normalized spacial score (nSPS) is 25.4. The van der Waals surface area contributed by atoms with E-state index in [0.29, 0.717) is 12.8 Å². The van der Waals surface area contributed by atoms with E-state index in [1.165, 1.54) is 6.17 Å². The van der Waals surface area contributed by atoms with Gasteiger partial charge in [0.05, 0.1) is 0 Å². The third kappa shape index (κ3) is 1.53. The summed E-state index contributed by atoms with van der Waals surface area (Å²) in [7, 11) is 0. The van der Waals surface area contributed by atoms with Gasteiger partial charge in [0.15, 0.2) is 0 Å². The molecule has 1 fully saturated rings. The van der Waals surface area contributed by atoms with Crippen LogP contribution in [-0.2, 0) is 4.79 Å². The molecule has 0 heterocycles. The fourth-order valence-electron chi connectivity index (χ4n) is 1.01. The van der Waals surface area contributed by atoms with Crippen molar-refractivity contribution in [1.82, 2.24) is 0 Å². The lowest BCUT2D eigenvalue weighted by atomic mass is 10.1. The zero-order chi connectivity index (χ0) is 6.69. The van der Waals surface area contributed by atoms with Gasteiger partial charge in [-0.25, -0.2) is 0 Å². The van der Waals surface area contributed by atoms with E-state index < -0.39 is 0 Å². The van der Waals surface area contributed by atoms with E-state index >= 15 is 0 Å². The number of ketones is 1. The van der Waals surface area contributed by atoms with Gasteiger partial charge in [-0.3, -0.25) is 4.79 Å². The van der Waals surface area contributed by atoms with Crippen LogP contribution in [0.2, 0.25) is 0 Å². The molecule has 0 amide bonds. The molecule has 1 nitrogen and oxygen atoms in total. The quantitative estimate of drug-likeness (QED) is 0.447. The van der Waals surface area contributed by atoms with E-state index in [-0.39, 0.29) is 11.7 Å². The summed E-state index contributed by atoms with van der Waals surface area (Å²) in [5.41, 5.74) is 0. The molecule has 0 bridgehead atoms. The van der Waals surface area contributed by atoms with Crippen molar-refractivity contribution in [1.29, 1.82) is 0 Å². The number of halogens is 1. The number of rotatable bonds is 0. The molecule has 0 aromatic heterocycles. The predicted octanol–water partition coefficient (Wildman–Crippen LogP) is 1.29. The summed E-state index contributed by atoms with van der Waals surface area (Å²) < 4.78 is 11.3. The molecular weight excluding hydrogens is 119 g/mol. The first-order valence-corrected chi connectivity index (χ1v) is 2.96. The predicted molar refractivity (Wildman–Crippen MR) is 31.2 cm³/mol. The van der Waals surface area contributed by atoms with E-state index in [0.717, 1.165) is 6.42 Å². The highest BCUT2D eigenvalue weighted by Gasteiger charge is 2.19. The van der Waals surface area contributed by atoms with E-state index in [1.807, 2.05) is 0 Å². The smallest absolute Gasteiger partial charge is 0.134 e. The van der Waals surface area contributed by atoms with Gasteiger partial charge in [0, 0.05) is 18.8 Å². The highest BCUT2D eigenvalue weighted by Crippen LogP contribution is 2.20. The summed E-state index contributed by atoms with van der Waals surface area (Å²) in [6, 6.07) is 0. The molecule has 0 aromatic rings. The van der Waals surface area contributed by atoms with Gasteiger partial charge in [-0.05, 0) is 6.42 Å². The van der Waals surface area contributed by atoms with Gasteiger partial charge < -0.3 is 0 Å². The van der Waals surface area contributed by atoms with Crippen molar-refractivity contribution in [3.63, 3.8) is 0 Å². The highest BCUT2D eigenvalue weighted by molar-refractivity contribution is 5.81. The van der Waals surface area contributed by atoms with Crippen LogP contribution < -0.4 is 0 Å². The first-order valence-electron chi connectivity index (χ1n) is 2.96. The molecule has 1 rings (SSSR count). The molecule has 1 atom stereocenters. The molecule has 2 heteroatoms. The summed E-state index contributed by atoms with van der Waals surface area (Å²) >= 11 is 0. The topological polar surface area (TPSA) is 17.1 Å². The van der Waals surface area contributed by atoms with Gasteiger partial charge in [-0.1, -0.05) is 5.92 Å². The van der Waals surface area contributed by atoms with Crippen molar-refractivity contribution >= 4 is 5.78 Å². The Morgan fingerprint density at radius 1 is 1.67 bits per heavy atom. The van der Waals surface area contributed by atoms with Crippen molar-refractivity contribution in [3.8, 4) is 12.1 Å². The molecule has 1 unspecified atom stereocenters. The largest absolute Gasteiger partial charge is 0.300 e. The lowest BCUT2D eigenvalue weighted by molar-refractivity contribution is -0.117.